The van der Waals surface area contributed by atoms with E-state index in [0.29, 0.717) is 5.69 Å². The summed E-state index contributed by atoms with van der Waals surface area (Å²) < 4.78 is 31.2. The van der Waals surface area contributed by atoms with Crippen LogP contribution in [-0.2, 0) is 9.53 Å². The largest absolute Gasteiger partial charge is 0.449 e. The fourth-order valence-electron chi connectivity index (χ4n) is 1.73. The molecule has 4 nitrogen and oxygen atoms in total. The van der Waals surface area contributed by atoms with Gasteiger partial charge in [-0.3, -0.25) is 4.79 Å². The van der Waals surface area contributed by atoms with E-state index in [1.54, 1.807) is 0 Å². The fraction of sp³-hybridized carbons (Fsp3) is 0.125. The number of rotatable bonds is 4. The average Bonchev–Trinajstić information content (AvgIpc) is 2.52. The SMILES string of the molecule is C[C@H](OC(=O)c1cc(F)c(Cl)cc1Cl)C(=O)Nc1ccc(F)cc1. The predicted molar refractivity (Wildman–Crippen MR) is 86.3 cm³/mol. The summed E-state index contributed by atoms with van der Waals surface area (Å²) in [5.74, 6) is -2.90. The van der Waals surface area contributed by atoms with Crippen LogP contribution in [0.4, 0.5) is 14.5 Å². The Balaban J connectivity index is 2.04. The number of amides is 1. The Kier molecular flexibility index (Phi) is 5.75. The molecule has 0 aliphatic rings. The van der Waals surface area contributed by atoms with Gasteiger partial charge < -0.3 is 10.1 Å². The van der Waals surface area contributed by atoms with Crippen LogP contribution < -0.4 is 5.32 Å². The molecule has 1 amide bonds. The van der Waals surface area contributed by atoms with Crippen LogP contribution in [0.1, 0.15) is 17.3 Å². The molecule has 0 saturated heterocycles. The standard InChI is InChI=1S/C16H11Cl2F2NO3/c1-8(15(22)21-10-4-2-9(19)3-5-10)24-16(23)11-6-14(20)13(18)7-12(11)17/h2-8H,1H3,(H,21,22)/t8-/m0/s1. The second-order valence-electron chi connectivity index (χ2n) is 4.79. The lowest BCUT2D eigenvalue weighted by atomic mass is 10.2. The number of ether oxygens (including phenoxy) is 1. The van der Waals surface area contributed by atoms with Crippen molar-refractivity contribution in [2.24, 2.45) is 0 Å². The number of nitrogens with one attached hydrogen (secondary N) is 1. The minimum atomic E-state index is -1.18. The van der Waals surface area contributed by atoms with E-state index in [2.05, 4.69) is 5.32 Å². The van der Waals surface area contributed by atoms with Gasteiger partial charge in [0.05, 0.1) is 15.6 Å². The van der Waals surface area contributed by atoms with Crippen LogP contribution in [0.3, 0.4) is 0 Å². The normalized spacial score (nSPS) is 11.7. The minimum absolute atomic E-state index is 0.0995. The number of carbonyl (C=O) groups excluding carboxylic acids is 2. The van der Waals surface area contributed by atoms with Gasteiger partial charge in [0.2, 0.25) is 0 Å². The van der Waals surface area contributed by atoms with Crippen LogP contribution in [0.5, 0.6) is 0 Å². The van der Waals surface area contributed by atoms with Gasteiger partial charge in [-0.15, -0.1) is 0 Å². The molecule has 0 bridgehead atoms. The van der Waals surface area contributed by atoms with E-state index in [4.69, 9.17) is 27.9 Å². The number of benzene rings is 2. The summed E-state index contributed by atoms with van der Waals surface area (Å²) in [5, 5.41) is 2.11. The Morgan fingerprint density at radius 2 is 1.71 bits per heavy atom. The molecule has 0 aliphatic carbocycles. The maximum atomic E-state index is 13.4. The highest BCUT2D eigenvalue weighted by atomic mass is 35.5. The van der Waals surface area contributed by atoms with Gasteiger partial charge >= 0.3 is 5.97 Å². The third-order valence-electron chi connectivity index (χ3n) is 2.99. The van der Waals surface area contributed by atoms with Crippen LogP contribution in [0.25, 0.3) is 0 Å². The number of esters is 1. The van der Waals surface area contributed by atoms with Gasteiger partial charge in [-0.25, -0.2) is 13.6 Å². The van der Waals surface area contributed by atoms with Crippen molar-refractivity contribution in [3.05, 3.63) is 63.6 Å². The average molecular weight is 374 g/mol. The van der Waals surface area contributed by atoms with Crippen LogP contribution in [0, 0.1) is 11.6 Å². The molecule has 0 spiro atoms. The van der Waals surface area contributed by atoms with E-state index in [9.17, 15) is 18.4 Å². The van der Waals surface area contributed by atoms with E-state index in [1.165, 1.54) is 31.2 Å². The lowest BCUT2D eigenvalue weighted by Gasteiger charge is -2.14. The summed E-state index contributed by atoms with van der Waals surface area (Å²) in [4.78, 5) is 24.0. The minimum Gasteiger partial charge on any atom is -0.449 e. The Morgan fingerprint density at radius 3 is 2.33 bits per heavy atom. The summed E-state index contributed by atoms with van der Waals surface area (Å²) in [6, 6.07) is 6.95. The molecule has 0 radical (unpaired) electrons. The van der Waals surface area contributed by atoms with Gasteiger partial charge in [-0.1, -0.05) is 23.2 Å². The van der Waals surface area contributed by atoms with Crippen molar-refractivity contribution < 1.29 is 23.1 Å². The van der Waals surface area contributed by atoms with E-state index in [1.807, 2.05) is 0 Å². The fourth-order valence-corrected chi connectivity index (χ4v) is 2.19. The van der Waals surface area contributed by atoms with Gasteiger partial charge in [0.15, 0.2) is 6.10 Å². The first kappa shape index (κ1) is 18.2. The Labute approximate surface area is 146 Å². The second kappa shape index (κ2) is 7.59. The van der Waals surface area contributed by atoms with Crippen LogP contribution in [-0.4, -0.2) is 18.0 Å². The van der Waals surface area contributed by atoms with Crippen LogP contribution in [0.2, 0.25) is 10.0 Å². The summed E-state index contributed by atoms with van der Waals surface area (Å²) in [6.07, 6.45) is -1.18. The highest BCUT2D eigenvalue weighted by Crippen LogP contribution is 2.25. The molecule has 0 saturated carbocycles. The smallest absolute Gasteiger partial charge is 0.340 e. The molecule has 1 atom stereocenters. The van der Waals surface area contributed by atoms with Crippen LogP contribution in [0.15, 0.2) is 36.4 Å². The molecule has 0 aliphatic heterocycles. The molecule has 0 fully saturated rings. The van der Waals surface area contributed by atoms with Crippen molar-refractivity contribution in [2.45, 2.75) is 13.0 Å². The van der Waals surface area contributed by atoms with Crippen LogP contribution >= 0.6 is 23.2 Å². The van der Waals surface area contributed by atoms with Gasteiger partial charge in [-0.05, 0) is 43.3 Å². The lowest BCUT2D eigenvalue weighted by Crippen LogP contribution is -2.30. The van der Waals surface area contributed by atoms with E-state index in [-0.39, 0.29) is 15.6 Å². The highest BCUT2D eigenvalue weighted by Gasteiger charge is 2.22. The third-order valence-corrected chi connectivity index (χ3v) is 3.60. The first-order chi connectivity index (χ1) is 11.3. The van der Waals surface area contributed by atoms with Crippen molar-refractivity contribution in [3.8, 4) is 0 Å². The van der Waals surface area contributed by atoms with Crippen molar-refractivity contribution in [2.75, 3.05) is 5.32 Å². The van der Waals surface area contributed by atoms with E-state index in [0.717, 1.165) is 12.1 Å². The molecule has 0 unspecified atom stereocenters. The predicted octanol–water partition coefficient (Wildman–Crippen LogP) is 4.46. The quantitative estimate of drug-likeness (QED) is 0.635. The first-order valence-electron chi connectivity index (χ1n) is 6.70. The number of halogens is 4. The molecule has 1 N–H and O–H groups in total. The Morgan fingerprint density at radius 1 is 1.08 bits per heavy atom. The highest BCUT2D eigenvalue weighted by molar-refractivity contribution is 6.36. The van der Waals surface area contributed by atoms with Crippen molar-refractivity contribution in [1.29, 1.82) is 0 Å². The molecular weight excluding hydrogens is 363 g/mol. The summed E-state index contributed by atoms with van der Waals surface area (Å²) in [5.41, 5.74) is 0.0832. The summed E-state index contributed by atoms with van der Waals surface area (Å²) in [7, 11) is 0. The zero-order chi connectivity index (χ0) is 17.9. The van der Waals surface area contributed by atoms with Gasteiger partial charge in [-0.2, -0.15) is 0 Å². The number of hydrogen-bond donors (Lipinski definition) is 1. The zero-order valence-corrected chi connectivity index (χ0v) is 13.8. The number of anilines is 1. The monoisotopic (exact) mass is 373 g/mol. The van der Waals surface area contributed by atoms with Gasteiger partial charge in [0.25, 0.3) is 5.91 Å². The molecular formula is C16H11Cl2F2NO3. The first-order valence-corrected chi connectivity index (χ1v) is 7.45. The summed E-state index contributed by atoms with van der Waals surface area (Å²) in [6.45, 7) is 1.33. The Bertz CT molecular complexity index is 782. The van der Waals surface area contributed by atoms with Crippen molar-refractivity contribution in [3.63, 3.8) is 0 Å². The Hall–Kier alpha value is -2.18. The van der Waals surface area contributed by atoms with E-state index >= 15 is 0 Å². The molecule has 126 valence electrons. The summed E-state index contributed by atoms with van der Waals surface area (Å²) >= 11 is 11.4. The lowest BCUT2D eigenvalue weighted by molar-refractivity contribution is -0.123. The molecule has 0 heterocycles. The zero-order valence-electron chi connectivity index (χ0n) is 12.3. The third kappa shape index (κ3) is 4.43. The topological polar surface area (TPSA) is 55.4 Å². The number of carbonyl (C=O) groups is 2. The van der Waals surface area contributed by atoms with E-state index < -0.39 is 29.6 Å². The molecule has 0 aromatic heterocycles. The molecule has 2 aromatic rings. The maximum absolute atomic E-state index is 13.4. The number of hydrogen-bond acceptors (Lipinski definition) is 3. The van der Waals surface area contributed by atoms with Gasteiger partial charge in [0, 0.05) is 5.69 Å². The van der Waals surface area contributed by atoms with Crippen molar-refractivity contribution >= 4 is 40.8 Å². The second-order valence-corrected chi connectivity index (χ2v) is 5.60. The molecule has 8 heteroatoms. The van der Waals surface area contributed by atoms with Crippen molar-refractivity contribution in [1.82, 2.24) is 0 Å². The molecule has 24 heavy (non-hydrogen) atoms. The maximum Gasteiger partial charge on any atom is 0.340 e. The molecule has 2 aromatic carbocycles. The van der Waals surface area contributed by atoms with Gasteiger partial charge in [0.1, 0.15) is 11.6 Å². The molecule has 2 rings (SSSR count).